The molecule has 16 heavy (non-hydrogen) atoms. The molecule has 2 heterocycles. The molecule has 0 aliphatic carbocycles. The van der Waals surface area contributed by atoms with Crippen molar-refractivity contribution in [2.24, 2.45) is 0 Å². The van der Waals surface area contributed by atoms with Crippen molar-refractivity contribution < 1.29 is 4.74 Å². The van der Waals surface area contributed by atoms with Crippen LogP contribution in [0.15, 0.2) is 30.3 Å². The molecule has 2 saturated heterocycles. The van der Waals surface area contributed by atoms with Crippen LogP contribution < -0.4 is 4.46 Å². The molecule has 1 aromatic carbocycles. The molecule has 1 nitrogen and oxygen atoms in total. The Morgan fingerprint density at radius 2 is 1.88 bits per heavy atom. The SMILES string of the molecule is c1ccc([Se][C@@H]2CC[C@@H]3CCC[C@H]2O3)cc1. The molecule has 2 heteroatoms. The van der Waals surface area contributed by atoms with Gasteiger partial charge in [-0.05, 0) is 0 Å². The second kappa shape index (κ2) is 4.91. The molecule has 0 aromatic heterocycles. The predicted molar refractivity (Wildman–Crippen MR) is 67.3 cm³/mol. The first-order valence-corrected chi connectivity index (χ1v) is 8.13. The number of fused-ring (bicyclic) bond motifs is 2. The summed E-state index contributed by atoms with van der Waals surface area (Å²) in [5, 5.41) is 0. The molecule has 3 atom stereocenters. The predicted octanol–water partition coefficient (Wildman–Crippen LogP) is 2.54. The van der Waals surface area contributed by atoms with Gasteiger partial charge >= 0.3 is 104 Å². The fraction of sp³-hybridized carbons (Fsp3) is 0.571. The maximum absolute atomic E-state index is 6.12. The summed E-state index contributed by atoms with van der Waals surface area (Å²) < 4.78 is 7.66. The van der Waals surface area contributed by atoms with E-state index >= 15 is 0 Å². The molecule has 2 aliphatic rings. The first-order valence-electron chi connectivity index (χ1n) is 6.29. The average Bonchev–Trinajstić information content (AvgIpc) is 2.35. The summed E-state index contributed by atoms with van der Waals surface area (Å²) in [7, 11) is 0. The van der Waals surface area contributed by atoms with Crippen LogP contribution >= 0.6 is 0 Å². The Morgan fingerprint density at radius 1 is 1.00 bits per heavy atom. The van der Waals surface area contributed by atoms with Crippen LogP contribution in [0.1, 0.15) is 32.1 Å². The number of hydrogen-bond acceptors (Lipinski definition) is 1. The molecule has 2 aliphatic heterocycles. The van der Waals surface area contributed by atoms with E-state index in [9.17, 15) is 0 Å². The molecule has 2 fully saturated rings. The first kappa shape index (κ1) is 10.8. The Hall–Kier alpha value is -0.301. The summed E-state index contributed by atoms with van der Waals surface area (Å²) in [6.07, 6.45) is 7.86. The zero-order chi connectivity index (χ0) is 10.8. The summed E-state index contributed by atoms with van der Waals surface area (Å²) in [6, 6.07) is 11.0. The zero-order valence-electron chi connectivity index (χ0n) is 9.47. The van der Waals surface area contributed by atoms with Gasteiger partial charge in [0.25, 0.3) is 0 Å². The first-order chi connectivity index (χ1) is 7.92. The van der Waals surface area contributed by atoms with Gasteiger partial charge < -0.3 is 0 Å². The van der Waals surface area contributed by atoms with E-state index in [1.807, 2.05) is 0 Å². The van der Waals surface area contributed by atoms with E-state index in [0.717, 1.165) is 4.82 Å². The Labute approximate surface area is 104 Å². The van der Waals surface area contributed by atoms with Gasteiger partial charge in [-0.1, -0.05) is 0 Å². The molecule has 0 spiro atoms. The van der Waals surface area contributed by atoms with Gasteiger partial charge in [0, 0.05) is 0 Å². The molecule has 0 unspecified atom stereocenters. The van der Waals surface area contributed by atoms with Gasteiger partial charge in [-0.25, -0.2) is 0 Å². The third-order valence-electron chi connectivity index (χ3n) is 3.60. The van der Waals surface area contributed by atoms with Gasteiger partial charge in [0.05, 0.1) is 0 Å². The third kappa shape index (κ3) is 2.34. The van der Waals surface area contributed by atoms with E-state index in [2.05, 4.69) is 30.3 Å². The summed E-state index contributed by atoms with van der Waals surface area (Å²) in [5.41, 5.74) is 0. The Balaban J connectivity index is 1.66. The number of ether oxygens (including phenoxy) is 1. The normalized spacial score (nSPS) is 33.6. The summed E-state index contributed by atoms with van der Waals surface area (Å²) >= 11 is 0.605. The van der Waals surface area contributed by atoms with Crippen LogP contribution in [0, 0.1) is 0 Å². The molecular formula is C14H18OSe. The minimum absolute atomic E-state index is 0.577. The molecule has 0 N–H and O–H groups in total. The topological polar surface area (TPSA) is 9.23 Å². The monoisotopic (exact) mass is 282 g/mol. The molecule has 0 saturated carbocycles. The van der Waals surface area contributed by atoms with Crippen LogP contribution in [0.2, 0.25) is 4.82 Å². The van der Waals surface area contributed by atoms with Gasteiger partial charge in [0.15, 0.2) is 0 Å². The van der Waals surface area contributed by atoms with Crippen molar-refractivity contribution in [1.82, 2.24) is 0 Å². The van der Waals surface area contributed by atoms with Crippen LogP contribution in [-0.2, 0) is 4.74 Å². The number of rotatable bonds is 2. The van der Waals surface area contributed by atoms with E-state index in [0.29, 0.717) is 27.2 Å². The van der Waals surface area contributed by atoms with Crippen LogP contribution in [0.4, 0.5) is 0 Å². The van der Waals surface area contributed by atoms with Crippen LogP contribution in [0.3, 0.4) is 0 Å². The van der Waals surface area contributed by atoms with Crippen molar-refractivity contribution in [2.45, 2.75) is 49.1 Å². The number of hydrogen-bond donors (Lipinski definition) is 0. The van der Waals surface area contributed by atoms with Crippen LogP contribution in [-0.4, -0.2) is 27.2 Å². The molecule has 2 bridgehead atoms. The maximum atomic E-state index is 6.12. The molecular weight excluding hydrogens is 263 g/mol. The Kier molecular flexibility index (Phi) is 3.32. The Bertz CT molecular complexity index is 338. The summed E-state index contributed by atoms with van der Waals surface area (Å²) in [6.45, 7) is 0. The van der Waals surface area contributed by atoms with E-state index in [1.165, 1.54) is 36.6 Å². The third-order valence-corrected chi connectivity index (χ3v) is 6.51. The van der Waals surface area contributed by atoms with E-state index in [4.69, 9.17) is 4.74 Å². The molecule has 1 aromatic rings. The standard InChI is InChI=1S/C14H18OSe/c1-2-6-12(7-3-1)16-14-10-9-11-5-4-8-13(14)15-11/h1-3,6-7,11,13-14H,4-5,8-10H2/t11-,13+,14+/m0/s1. The molecule has 86 valence electrons. The van der Waals surface area contributed by atoms with Crippen molar-refractivity contribution >= 4 is 19.4 Å². The second-order valence-corrected chi connectivity index (χ2v) is 7.53. The summed E-state index contributed by atoms with van der Waals surface area (Å²) in [4.78, 5) is 0.825. The van der Waals surface area contributed by atoms with E-state index < -0.39 is 0 Å². The second-order valence-electron chi connectivity index (χ2n) is 4.77. The van der Waals surface area contributed by atoms with Gasteiger partial charge in [0.2, 0.25) is 0 Å². The van der Waals surface area contributed by atoms with Crippen LogP contribution in [0.5, 0.6) is 0 Å². The van der Waals surface area contributed by atoms with Crippen LogP contribution in [0.25, 0.3) is 0 Å². The van der Waals surface area contributed by atoms with Crippen molar-refractivity contribution in [1.29, 1.82) is 0 Å². The van der Waals surface area contributed by atoms with Crippen molar-refractivity contribution in [3.63, 3.8) is 0 Å². The fourth-order valence-corrected chi connectivity index (χ4v) is 5.42. The fourth-order valence-electron chi connectivity index (χ4n) is 2.76. The van der Waals surface area contributed by atoms with E-state index in [-0.39, 0.29) is 0 Å². The van der Waals surface area contributed by atoms with Gasteiger partial charge in [-0.2, -0.15) is 0 Å². The number of benzene rings is 1. The molecule has 0 radical (unpaired) electrons. The van der Waals surface area contributed by atoms with Gasteiger partial charge in [-0.15, -0.1) is 0 Å². The van der Waals surface area contributed by atoms with E-state index in [1.54, 1.807) is 0 Å². The van der Waals surface area contributed by atoms with Crippen molar-refractivity contribution in [3.05, 3.63) is 30.3 Å². The van der Waals surface area contributed by atoms with Crippen molar-refractivity contribution in [3.8, 4) is 0 Å². The Morgan fingerprint density at radius 3 is 2.75 bits per heavy atom. The zero-order valence-corrected chi connectivity index (χ0v) is 11.2. The molecule has 3 rings (SSSR count). The average molecular weight is 281 g/mol. The summed E-state index contributed by atoms with van der Waals surface area (Å²) in [5.74, 6) is 0. The van der Waals surface area contributed by atoms with Gasteiger partial charge in [-0.3, -0.25) is 0 Å². The van der Waals surface area contributed by atoms with Crippen molar-refractivity contribution in [2.75, 3.05) is 0 Å². The minimum atomic E-state index is 0.577. The molecule has 0 amide bonds. The quantitative estimate of drug-likeness (QED) is 0.757. The van der Waals surface area contributed by atoms with Gasteiger partial charge in [0.1, 0.15) is 0 Å².